The van der Waals surface area contributed by atoms with Crippen molar-refractivity contribution in [2.24, 2.45) is 0 Å². The second kappa shape index (κ2) is 9.36. The summed E-state index contributed by atoms with van der Waals surface area (Å²) >= 11 is 0. The van der Waals surface area contributed by atoms with E-state index in [2.05, 4.69) is 21.1 Å². The van der Waals surface area contributed by atoms with Crippen LogP contribution in [0.3, 0.4) is 0 Å². The minimum atomic E-state index is 0.364. The Balaban J connectivity index is 1.70. The summed E-state index contributed by atoms with van der Waals surface area (Å²) in [4.78, 5) is 3.40. The molecular formula is C22H20N4O2. The molecule has 2 aromatic carbocycles. The van der Waals surface area contributed by atoms with Crippen LogP contribution in [0.25, 0.3) is 4.85 Å². The van der Waals surface area contributed by atoms with Gasteiger partial charge in [-0.25, -0.2) is 4.85 Å². The zero-order valence-corrected chi connectivity index (χ0v) is 15.6. The van der Waals surface area contributed by atoms with Crippen LogP contribution in [-0.4, -0.2) is 16.8 Å². The highest BCUT2D eigenvalue weighted by molar-refractivity contribution is 5.56. The number of hydrogen-bond donors (Lipinski definition) is 1. The molecule has 1 heterocycles. The summed E-state index contributed by atoms with van der Waals surface area (Å²) in [5.74, 6) is 1.09. The minimum absolute atomic E-state index is 0.364. The highest BCUT2D eigenvalue weighted by Crippen LogP contribution is 2.31. The van der Waals surface area contributed by atoms with Crippen molar-refractivity contribution >= 4 is 5.69 Å². The van der Waals surface area contributed by atoms with E-state index in [1.165, 1.54) is 6.07 Å². The molecular weight excluding hydrogens is 352 g/mol. The molecule has 28 heavy (non-hydrogen) atoms. The molecule has 3 aromatic rings. The third-order valence-electron chi connectivity index (χ3n) is 4.17. The van der Waals surface area contributed by atoms with Crippen molar-refractivity contribution in [2.75, 3.05) is 6.61 Å². The lowest BCUT2D eigenvalue weighted by molar-refractivity contribution is 0.123. The van der Waals surface area contributed by atoms with Crippen molar-refractivity contribution in [1.29, 1.82) is 5.26 Å². The summed E-state index contributed by atoms with van der Waals surface area (Å²) in [6.07, 6.45) is 1.31. The Morgan fingerprint density at radius 3 is 2.75 bits per heavy atom. The molecule has 0 saturated carbocycles. The number of aromatic amines is 1. The van der Waals surface area contributed by atoms with Gasteiger partial charge in [0.05, 0.1) is 31.5 Å². The molecule has 0 aliphatic rings. The van der Waals surface area contributed by atoms with Crippen molar-refractivity contribution in [3.63, 3.8) is 0 Å². The summed E-state index contributed by atoms with van der Waals surface area (Å²) in [5.41, 5.74) is 3.50. The molecule has 1 aromatic heterocycles. The van der Waals surface area contributed by atoms with E-state index in [0.29, 0.717) is 48.8 Å². The molecule has 0 atom stereocenters. The molecule has 0 saturated heterocycles. The summed E-state index contributed by atoms with van der Waals surface area (Å²) in [6, 6.07) is 16.8. The highest BCUT2D eigenvalue weighted by atomic mass is 16.5. The molecule has 0 unspecified atom stereocenters. The average Bonchev–Trinajstić information content (AvgIpc) is 3.13. The first-order chi connectivity index (χ1) is 13.7. The van der Waals surface area contributed by atoms with Gasteiger partial charge in [-0.2, -0.15) is 10.4 Å². The maximum Gasteiger partial charge on any atom is 0.192 e. The number of benzene rings is 2. The van der Waals surface area contributed by atoms with E-state index in [1.807, 2.05) is 37.3 Å². The average molecular weight is 372 g/mol. The Labute approximate surface area is 164 Å². The van der Waals surface area contributed by atoms with Gasteiger partial charge in [-0.05, 0) is 30.2 Å². The van der Waals surface area contributed by atoms with E-state index in [-0.39, 0.29) is 0 Å². The smallest absolute Gasteiger partial charge is 0.192 e. The number of hydrogen-bond acceptors (Lipinski definition) is 4. The number of nitrogens with zero attached hydrogens (tertiary/aromatic N) is 3. The molecule has 0 bridgehead atoms. The number of nitriles is 1. The van der Waals surface area contributed by atoms with Crippen molar-refractivity contribution < 1.29 is 9.47 Å². The van der Waals surface area contributed by atoms with Crippen molar-refractivity contribution in [2.45, 2.75) is 26.4 Å². The molecule has 0 fully saturated rings. The Bertz CT molecular complexity index is 981. The van der Waals surface area contributed by atoms with Gasteiger partial charge in [-0.3, -0.25) is 5.10 Å². The zero-order valence-electron chi connectivity index (χ0n) is 15.6. The Morgan fingerprint density at radius 2 is 2.04 bits per heavy atom. The van der Waals surface area contributed by atoms with Crippen molar-refractivity contribution in [1.82, 2.24) is 10.2 Å². The number of rotatable bonds is 8. The van der Waals surface area contributed by atoms with E-state index < -0.39 is 0 Å². The van der Waals surface area contributed by atoms with E-state index in [1.54, 1.807) is 12.1 Å². The first kappa shape index (κ1) is 19.2. The predicted octanol–water partition coefficient (Wildman–Crippen LogP) is 4.95. The van der Waals surface area contributed by atoms with Gasteiger partial charge in [0, 0.05) is 12.0 Å². The molecule has 0 amide bonds. The molecule has 0 spiro atoms. The highest BCUT2D eigenvalue weighted by Gasteiger charge is 2.15. The second-order valence-corrected chi connectivity index (χ2v) is 6.16. The van der Waals surface area contributed by atoms with Gasteiger partial charge in [-0.15, -0.1) is 0 Å². The van der Waals surface area contributed by atoms with Crippen molar-refractivity contribution in [3.05, 3.63) is 82.5 Å². The summed E-state index contributed by atoms with van der Waals surface area (Å²) < 4.78 is 11.8. The van der Waals surface area contributed by atoms with E-state index >= 15 is 0 Å². The number of H-pyrrole nitrogens is 1. The molecule has 0 aliphatic heterocycles. The molecule has 140 valence electrons. The number of nitrogens with one attached hydrogen (secondary N) is 1. The Morgan fingerprint density at radius 1 is 1.21 bits per heavy atom. The SMILES string of the molecule is [C-]#[N+]c1cc(C#N)cc(Oc2c(CC)n[nH]c2CCOCc2ccccc2)c1. The number of aromatic nitrogens is 2. The summed E-state index contributed by atoms with van der Waals surface area (Å²) in [6.45, 7) is 10.2. The van der Waals surface area contributed by atoms with Gasteiger partial charge in [0.25, 0.3) is 0 Å². The molecule has 1 N–H and O–H groups in total. The largest absolute Gasteiger partial charge is 0.455 e. The molecule has 6 heteroatoms. The van der Waals surface area contributed by atoms with Gasteiger partial charge >= 0.3 is 0 Å². The van der Waals surface area contributed by atoms with Crippen LogP contribution in [0.4, 0.5) is 5.69 Å². The third kappa shape index (κ3) is 4.76. The fourth-order valence-electron chi connectivity index (χ4n) is 2.77. The van der Waals surface area contributed by atoms with E-state index in [0.717, 1.165) is 17.0 Å². The fraction of sp³-hybridized carbons (Fsp3) is 0.227. The summed E-state index contributed by atoms with van der Waals surface area (Å²) in [7, 11) is 0. The van der Waals surface area contributed by atoms with Crippen LogP contribution < -0.4 is 4.74 Å². The van der Waals surface area contributed by atoms with Crippen LogP contribution >= 0.6 is 0 Å². The monoisotopic (exact) mass is 372 g/mol. The zero-order chi connectivity index (χ0) is 19.8. The van der Waals surface area contributed by atoms with Gasteiger partial charge < -0.3 is 9.47 Å². The minimum Gasteiger partial charge on any atom is -0.455 e. The van der Waals surface area contributed by atoms with Crippen LogP contribution in [0.5, 0.6) is 11.5 Å². The molecule has 0 radical (unpaired) electrons. The quantitative estimate of drug-likeness (QED) is 0.449. The number of aryl methyl sites for hydroxylation is 1. The first-order valence-corrected chi connectivity index (χ1v) is 9.01. The van der Waals surface area contributed by atoms with Crippen LogP contribution in [0.2, 0.25) is 0 Å². The lowest BCUT2D eigenvalue weighted by atomic mass is 10.2. The van der Waals surface area contributed by atoms with Gasteiger partial charge in [0.15, 0.2) is 11.4 Å². The van der Waals surface area contributed by atoms with Crippen LogP contribution in [-0.2, 0) is 24.2 Å². The maximum atomic E-state index is 9.16. The van der Waals surface area contributed by atoms with Gasteiger partial charge in [-0.1, -0.05) is 37.3 Å². The standard InChI is InChI=1S/C22H20N4O2/c1-3-20-22(28-19-12-17(14-23)11-18(13-19)24-2)21(26-25-20)9-10-27-15-16-7-5-4-6-8-16/h4-8,11-13H,3,9-10,15H2,1H3,(H,25,26). The Kier molecular flexibility index (Phi) is 6.41. The first-order valence-electron chi connectivity index (χ1n) is 9.01. The Hall–Kier alpha value is -3.61. The predicted molar refractivity (Wildman–Crippen MR) is 105 cm³/mol. The lowest BCUT2D eigenvalue weighted by Crippen LogP contribution is -2.01. The normalized spacial score (nSPS) is 10.2. The van der Waals surface area contributed by atoms with Crippen molar-refractivity contribution in [3.8, 4) is 17.6 Å². The molecule has 0 aliphatic carbocycles. The van der Waals surface area contributed by atoms with Gasteiger partial charge in [0.2, 0.25) is 0 Å². The van der Waals surface area contributed by atoms with E-state index in [9.17, 15) is 0 Å². The van der Waals surface area contributed by atoms with Crippen LogP contribution in [0, 0.1) is 17.9 Å². The van der Waals surface area contributed by atoms with Gasteiger partial charge in [0.1, 0.15) is 11.4 Å². The second-order valence-electron chi connectivity index (χ2n) is 6.16. The van der Waals surface area contributed by atoms with Crippen LogP contribution in [0.15, 0.2) is 48.5 Å². The van der Waals surface area contributed by atoms with Crippen LogP contribution in [0.1, 0.15) is 29.4 Å². The van der Waals surface area contributed by atoms with E-state index in [4.69, 9.17) is 21.3 Å². The maximum absolute atomic E-state index is 9.16. The lowest BCUT2D eigenvalue weighted by Gasteiger charge is -2.09. The molecule has 6 nitrogen and oxygen atoms in total. The third-order valence-corrected chi connectivity index (χ3v) is 4.17. The molecule has 3 rings (SSSR count). The fourth-order valence-corrected chi connectivity index (χ4v) is 2.77. The topological polar surface area (TPSA) is 75.3 Å². The number of ether oxygens (including phenoxy) is 2. The summed E-state index contributed by atoms with van der Waals surface area (Å²) in [5, 5.41) is 16.5.